The lowest BCUT2D eigenvalue weighted by Gasteiger charge is -2.14. The van der Waals surface area contributed by atoms with Gasteiger partial charge in [0.2, 0.25) is 0 Å². The minimum absolute atomic E-state index is 0.137. The first-order valence-electron chi connectivity index (χ1n) is 6.55. The molecule has 4 heteroatoms. The second-order valence-corrected chi connectivity index (χ2v) is 6.89. The van der Waals surface area contributed by atoms with Crippen molar-refractivity contribution < 1.29 is 0 Å². The zero-order valence-electron chi connectivity index (χ0n) is 12.0. The minimum atomic E-state index is 0.137. The molecule has 1 atom stereocenters. The fraction of sp³-hybridized carbons (Fsp3) is 0.467. The van der Waals surface area contributed by atoms with Crippen LogP contribution in [-0.2, 0) is 12.0 Å². The summed E-state index contributed by atoms with van der Waals surface area (Å²) < 4.78 is 0. The van der Waals surface area contributed by atoms with Crippen molar-refractivity contribution in [2.45, 2.75) is 45.7 Å². The molecule has 0 bridgehead atoms. The number of thiazole rings is 1. The fourth-order valence-corrected chi connectivity index (χ4v) is 2.66. The highest BCUT2D eigenvalue weighted by molar-refractivity contribution is 7.11. The lowest BCUT2D eigenvalue weighted by Crippen LogP contribution is -2.17. The van der Waals surface area contributed by atoms with E-state index < -0.39 is 0 Å². The second-order valence-electron chi connectivity index (χ2n) is 5.77. The molecule has 2 aromatic rings. The third-order valence-electron chi connectivity index (χ3n) is 2.96. The molecule has 2 heterocycles. The van der Waals surface area contributed by atoms with Gasteiger partial charge in [-0.15, -0.1) is 11.3 Å². The van der Waals surface area contributed by atoms with Crippen LogP contribution < -0.4 is 5.32 Å². The Bertz CT molecular complexity index is 514. The van der Waals surface area contributed by atoms with Crippen molar-refractivity contribution in [2.24, 2.45) is 0 Å². The highest BCUT2D eigenvalue weighted by Crippen LogP contribution is 2.27. The van der Waals surface area contributed by atoms with Gasteiger partial charge in [0.15, 0.2) is 0 Å². The Labute approximate surface area is 119 Å². The molecule has 0 fully saturated rings. The monoisotopic (exact) mass is 275 g/mol. The van der Waals surface area contributed by atoms with Gasteiger partial charge in [0, 0.05) is 41.5 Å². The standard InChI is InChI=1S/C15H21N3S/c1-11(12-6-5-7-16-8-12)17-9-13-10-18-14(19-13)15(2,3)4/h5-8,10-11,17H,9H2,1-4H3/t11-/m1/s1. The molecule has 19 heavy (non-hydrogen) atoms. The molecule has 0 aliphatic rings. The number of hydrogen-bond acceptors (Lipinski definition) is 4. The van der Waals surface area contributed by atoms with E-state index >= 15 is 0 Å². The van der Waals surface area contributed by atoms with Crippen molar-refractivity contribution in [1.82, 2.24) is 15.3 Å². The van der Waals surface area contributed by atoms with Crippen LogP contribution in [0.4, 0.5) is 0 Å². The van der Waals surface area contributed by atoms with E-state index in [-0.39, 0.29) is 5.41 Å². The van der Waals surface area contributed by atoms with Gasteiger partial charge in [-0.2, -0.15) is 0 Å². The third kappa shape index (κ3) is 3.85. The average Bonchev–Trinajstić information content (AvgIpc) is 2.86. The first-order valence-corrected chi connectivity index (χ1v) is 7.37. The van der Waals surface area contributed by atoms with Gasteiger partial charge in [0.25, 0.3) is 0 Å². The molecular weight excluding hydrogens is 254 g/mol. The van der Waals surface area contributed by atoms with Gasteiger partial charge in [-0.3, -0.25) is 4.98 Å². The summed E-state index contributed by atoms with van der Waals surface area (Å²) in [6.07, 6.45) is 5.69. The topological polar surface area (TPSA) is 37.8 Å². The van der Waals surface area contributed by atoms with Crippen LogP contribution in [0, 0.1) is 0 Å². The van der Waals surface area contributed by atoms with Crippen LogP contribution in [-0.4, -0.2) is 9.97 Å². The molecule has 0 radical (unpaired) electrons. The molecule has 1 N–H and O–H groups in total. The molecule has 102 valence electrons. The normalized spacial score (nSPS) is 13.5. The maximum Gasteiger partial charge on any atom is 0.0981 e. The van der Waals surface area contributed by atoms with Gasteiger partial charge in [-0.25, -0.2) is 4.98 Å². The highest BCUT2D eigenvalue weighted by atomic mass is 32.1. The molecule has 0 aliphatic carbocycles. The molecule has 3 nitrogen and oxygen atoms in total. The van der Waals surface area contributed by atoms with E-state index in [1.165, 1.54) is 15.4 Å². The highest BCUT2D eigenvalue weighted by Gasteiger charge is 2.18. The number of rotatable bonds is 4. The zero-order valence-corrected chi connectivity index (χ0v) is 12.8. The smallest absolute Gasteiger partial charge is 0.0981 e. The van der Waals surface area contributed by atoms with Crippen LogP contribution >= 0.6 is 11.3 Å². The molecule has 0 aromatic carbocycles. The molecule has 0 saturated carbocycles. The first-order chi connectivity index (χ1) is 8.97. The van der Waals surface area contributed by atoms with E-state index in [4.69, 9.17) is 0 Å². The van der Waals surface area contributed by atoms with E-state index in [9.17, 15) is 0 Å². The summed E-state index contributed by atoms with van der Waals surface area (Å²) in [7, 11) is 0. The Balaban J connectivity index is 1.94. The van der Waals surface area contributed by atoms with Crippen molar-refractivity contribution in [3.63, 3.8) is 0 Å². The Morgan fingerprint density at radius 3 is 2.68 bits per heavy atom. The maximum atomic E-state index is 4.50. The van der Waals surface area contributed by atoms with Crippen LogP contribution in [0.2, 0.25) is 0 Å². The predicted octanol–water partition coefficient (Wildman–Crippen LogP) is 3.69. The summed E-state index contributed by atoms with van der Waals surface area (Å²) >= 11 is 1.79. The molecule has 0 spiro atoms. The predicted molar refractivity (Wildman–Crippen MR) is 80.3 cm³/mol. The maximum absolute atomic E-state index is 4.50. The lowest BCUT2D eigenvalue weighted by atomic mass is 9.98. The molecule has 2 rings (SSSR count). The largest absolute Gasteiger partial charge is 0.305 e. The number of aromatic nitrogens is 2. The van der Waals surface area contributed by atoms with Crippen molar-refractivity contribution in [2.75, 3.05) is 0 Å². The number of pyridine rings is 1. The lowest BCUT2D eigenvalue weighted by molar-refractivity contribution is 0.576. The minimum Gasteiger partial charge on any atom is -0.305 e. The molecular formula is C15H21N3S. The number of nitrogens with one attached hydrogen (secondary N) is 1. The van der Waals surface area contributed by atoms with Gasteiger partial charge >= 0.3 is 0 Å². The summed E-state index contributed by atoms with van der Waals surface area (Å²) in [6, 6.07) is 4.37. The van der Waals surface area contributed by atoms with Crippen molar-refractivity contribution in [3.05, 3.63) is 46.2 Å². The van der Waals surface area contributed by atoms with Crippen LogP contribution in [0.1, 0.15) is 49.2 Å². The Morgan fingerprint density at radius 2 is 2.11 bits per heavy atom. The van der Waals surface area contributed by atoms with E-state index in [1.807, 2.05) is 18.5 Å². The second kappa shape index (κ2) is 5.80. The zero-order chi connectivity index (χ0) is 13.9. The SMILES string of the molecule is C[C@@H](NCc1cnc(C(C)(C)C)s1)c1cccnc1. The Morgan fingerprint density at radius 1 is 1.32 bits per heavy atom. The Hall–Kier alpha value is -1.26. The Kier molecular flexibility index (Phi) is 4.32. The van der Waals surface area contributed by atoms with Crippen molar-refractivity contribution >= 4 is 11.3 Å². The summed E-state index contributed by atoms with van der Waals surface area (Å²) in [5, 5.41) is 4.70. The van der Waals surface area contributed by atoms with Crippen LogP contribution in [0.15, 0.2) is 30.7 Å². The van der Waals surface area contributed by atoms with Crippen molar-refractivity contribution in [3.8, 4) is 0 Å². The summed E-state index contributed by atoms with van der Waals surface area (Å²) in [5.41, 5.74) is 1.35. The molecule has 0 aliphatic heterocycles. The quantitative estimate of drug-likeness (QED) is 0.925. The fourth-order valence-electron chi connectivity index (χ4n) is 1.74. The van der Waals surface area contributed by atoms with E-state index in [0.29, 0.717) is 6.04 Å². The van der Waals surface area contributed by atoms with Gasteiger partial charge in [0.1, 0.15) is 0 Å². The summed E-state index contributed by atoms with van der Waals surface area (Å²) in [4.78, 5) is 9.93. The third-order valence-corrected chi connectivity index (χ3v) is 4.39. The molecule has 2 aromatic heterocycles. The van der Waals surface area contributed by atoms with Crippen LogP contribution in [0.3, 0.4) is 0 Å². The van der Waals surface area contributed by atoms with Crippen molar-refractivity contribution in [1.29, 1.82) is 0 Å². The molecule has 0 amide bonds. The number of hydrogen-bond donors (Lipinski definition) is 1. The van der Waals surface area contributed by atoms with E-state index in [1.54, 1.807) is 17.5 Å². The summed E-state index contributed by atoms with van der Waals surface area (Å²) in [5.74, 6) is 0. The first kappa shape index (κ1) is 14.2. The van der Waals surface area contributed by atoms with E-state index in [0.717, 1.165) is 6.54 Å². The number of nitrogens with zero attached hydrogens (tertiary/aromatic N) is 2. The van der Waals surface area contributed by atoms with Crippen LogP contribution in [0.5, 0.6) is 0 Å². The van der Waals surface area contributed by atoms with Gasteiger partial charge in [0.05, 0.1) is 5.01 Å². The molecule has 0 saturated heterocycles. The van der Waals surface area contributed by atoms with E-state index in [2.05, 4.69) is 49.0 Å². The van der Waals surface area contributed by atoms with Gasteiger partial charge < -0.3 is 5.32 Å². The van der Waals surface area contributed by atoms with Crippen LogP contribution in [0.25, 0.3) is 0 Å². The molecule has 0 unspecified atom stereocenters. The average molecular weight is 275 g/mol. The van der Waals surface area contributed by atoms with Gasteiger partial charge in [-0.05, 0) is 18.6 Å². The van der Waals surface area contributed by atoms with Gasteiger partial charge in [-0.1, -0.05) is 26.8 Å². The summed E-state index contributed by atoms with van der Waals surface area (Å²) in [6.45, 7) is 9.59.